The third kappa shape index (κ3) is 2.42. The number of aliphatic hydroxyl groups excluding tert-OH is 1. The number of aryl methyl sites for hydroxylation is 1. The minimum absolute atomic E-state index is 0.137. The van der Waals surface area contributed by atoms with Crippen LogP contribution in [0.4, 0.5) is 0 Å². The van der Waals surface area contributed by atoms with E-state index in [4.69, 9.17) is 4.74 Å². The van der Waals surface area contributed by atoms with Crippen LogP contribution in [-0.4, -0.2) is 39.7 Å². The smallest absolute Gasteiger partial charge is 0.151 e. The quantitative estimate of drug-likeness (QED) is 0.874. The van der Waals surface area contributed by atoms with Crippen LogP contribution >= 0.6 is 0 Å². The van der Waals surface area contributed by atoms with Crippen molar-refractivity contribution in [1.82, 2.24) is 14.8 Å². The summed E-state index contributed by atoms with van der Waals surface area (Å²) in [6.07, 6.45) is 6.39. The average molecular weight is 251 g/mol. The number of aromatic nitrogens is 3. The van der Waals surface area contributed by atoms with Gasteiger partial charge in [0, 0.05) is 26.1 Å². The first-order valence-corrected chi connectivity index (χ1v) is 6.99. The number of hydrogen-bond acceptors (Lipinski definition) is 4. The van der Waals surface area contributed by atoms with Gasteiger partial charge in [-0.25, -0.2) is 9.67 Å². The van der Waals surface area contributed by atoms with Crippen molar-refractivity contribution >= 4 is 0 Å². The SMILES string of the molecule is OCC1CCCc2nc(CC3CCCOC3)nn21. The van der Waals surface area contributed by atoms with E-state index in [0.717, 1.165) is 57.0 Å². The highest BCUT2D eigenvalue weighted by molar-refractivity contribution is 4.99. The largest absolute Gasteiger partial charge is 0.394 e. The van der Waals surface area contributed by atoms with Crippen LogP contribution in [0.15, 0.2) is 0 Å². The first-order chi connectivity index (χ1) is 8.86. The summed E-state index contributed by atoms with van der Waals surface area (Å²) in [5.41, 5.74) is 0. The van der Waals surface area contributed by atoms with Crippen molar-refractivity contribution in [3.8, 4) is 0 Å². The van der Waals surface area contributed by atoms with Crippen LogP contribution in [0.3, 0.4) is 0 Å². The summed E-state index contributed by atoms with van der Waals surface area (Å²) in [5.74, 6) is 2.55. The minimum atomic E-state index is 0.137. The van der Waals surface area contributed by atoms with E-state index in [1.165, 1.54) is 6.42 Å². The highest BCUT2D eigenvalue weighted by Crippen LogP contribution is 2.24. The summed E-state index contributed by atoms with van der Waals surface area (Å²) < 4.78 is 7.44. The van der Waals surface area contributed by atoms with Gasteiger partial charge < -0.3 is 9.84 Å². The van der Waals surface area contributed by atoms with E-state index in [2.05, 4.69) is 10.1 Å². The molecule has 0 amide bonds. The molecule has 1 aromatic heterocycles. The Bertz CT molecular complexity index is 399. The van der Waals surface area contributed by atoms with Gasteiger partial charge in [0.2, 0.25) is 0 Å². The standard InChI is InChI=1S/C13H21N3O2/c17-8-11-4-1-5-13-14-12(15-16(11)13)7-10-3-2-6-18-9-10/h10-11,17H,1-9H2. The van der Waals surface area contributed by atoms with Crippen LogP contribution in [0.25, 0.3) is 0 Å². The number of aliphatic hydroxyl groups is 1. The van der Waals surface area contributed by atoms with Gasteiger partial charge in [0.15, 0.2) is 5.82 Å². The lowest BCUT2D eigenvalue weighted by molar-refractivity contribution is 0.0542. The van der Waals surface area contributed by atoms with Crippen LogP contribution in [0.1, 0.15) is 43.4 Å². The number of fused-ring (bicyclic) bond motifs is 1. The summed E-state index contributed by atoms with van der Waals surface area (Å²) in [7, 11) is 0. The zero-order valence-electron chi connectivity index (χ0n) is 10.7. The van der Waals surface area contributed by atoms with Crippen molar-refractivity contribution in [2.24, 2.45) is 5.92 Å². The molecule has 3 heterocycles. The molecule has 0 saturated carbocycles. The molecule has 5 nitrogen and oxygen atoms in total. The molecule has 100 valence electrons. The first-order valence-electron chi connectivity index (χ1n) is 6.99. The zero-order valence-corrected chi connectivity index (χ0v) is 10.7. The lowest BCUT2D eigenvalue weighted by Gasteiger charge is -2.21. The molecule has 0 radical (unpaired) electrons. The zero-order chi connectivity index (χ0) is 12.4. The Morgan fingerprint density at radius 2 is 2.28 bits per heavy atom. The maximum Gasteiger partial charge on any atom is 0.151 e. The molecule has 0 spiro atoms. The maximum absolute atomic E-state index is 9.36. The lowest BCUT2D eigenvalue weighted by atomic mass is 9.98. The van der Waals surface area contributed by atoms with E-state index in [1.807, 2.05) is 4.68 Å². The lowest BCUT2D eigenvalue weighted by Crippen LogP contribution is -2.22. The van der Waals surface area contributed by atoms with Crippen LogP contribution in [0, 0.1) is 5.92 Å². The number of ether oxygens (including phenoxy) is 1. The molecule has 0 aliphatic carbocycles. The third-order valence-corrected chi connectivity index (χ3v) is 3.97. The Hall–Kier alpha value is -0.940. The van der Waals surface area contributed by atoms with E-state index in [1.54, 1.807) is 0 Å². The fourth-order valence-electron chi connectivity index (χ4n) is 2.97. The fraction of sp³-hybridized carbons (Fsp3) is 0.846. The summed E-state index contributed by atoms with van der Waals surface area (Å²) in [6.45, 7) is 1.91. The molecule has 0 aromatic carbocycles. The van der Waals surface area contributed by atoms with Gasteiger partial charge >= 0.3 is 0 Å². The normalized spacial score (nSPS) is 28.1. The molecule has 1 fully saturated rings. The highest BCUT2D eigenvalue weighted by atomic mass is 16.5. The third-order valence-electron chi connectivity index (χ3n) is 3.97. The van der Waals surface area contributed by atoms with Crippen LogP contribution in [-0.2, 0) is 17.6 Å². The monoisotopic (exact) mass is 251 g/mol. The molecule has 2 aliphatic heterocycles. The van der Waals surface area contributed by atoms with Crippen molar-refractivity contribution in [2.75, 3.05) is 19.8 Å². The van der Waals surface area contributed by atoms with E-state index in [0.29, 0.717) is 5.92 Å². The highest BCUT2D eigenvalue weighted by Gasteiger charge is 2.24. The van der Waals surface area contributed by atoms with E-state index >= 15 is 0 Å². The summed E-state index contributed by atoms with van der Waals surface area (Å²) in [5, 5.41) is 13.9. The first kappa shape index (κ1) is 12.1. The fourth-order valence-corrected chi connectivity index (χ4v) is 2.97. The Kier molecular flexibility index (Phi) is 3.61. The second kappa shape index (κ2) is 5.36. The molecule has 3 rings (SSSR count). The van der Waals surface area contributed by atoms with Crippen molar-refractivity contribution in [2.45, 2.75) is 44.6 Å². The molecule has 2 atom stereocenters. The predicted molar refractivity (Wildman–Crippen MR) is 66.3 cm³/mol. The average Bonchev–Trinajstić information content (AvgIpc) is 2.82. The van der Waals surface area contributed by atoms with Gasteiger partial charge in [-0.1, -0.05) is 0 Å². The van der Waals surface area contributed by atoms with Gasteiger partial charge in [-0.2, -0.15) is 5.10 Å². The Morgan fingerprint density at radius 3 is 3.06 bits per heavy atom. The molecule has 18 heavy (non-hydrogen) atoms. The van der Waals surface area contributed by atoms with Crippen LogP contribution < -0.4 is 0 Å². The Labute approximate surface area is 107 Å². The predicted octanol–water partition coefficient (Wildman–Crippen LogP) is 1.12. The topological polar surface area (TPSA) is 60.2 Å². The van der Waals surface area contributed by atoms with Crippen LogP contribution in [0.5, 0.6) is 0 Å². The van der Waals surface area contributed by atoms with E-state index < -0.39 is 0 Å². The molecular weight excluding hydrogens is 230 g/mol. The van der Waals surface area contributed by atoms with Crippen LogP contribution in [0.2, 0.25) is 0 Å². The van der Waals surface area contributed by atoms with Gasteiger partial charge in [0.1, 0.15) is 5.82 Å². The van der Waals surface area contributed by atoms with Gasteiger partial charge in [0.25, 0.3) is 0 Å². The number of hydrogen-bond donors (Lipinski definition) is 1. The van der Waals surface area contributed by atoms with Crippen molar-refractivity contribution in [3.05, 3.63) is 11.6 Å². The van der Waals surface area contributed by atoms with Gasteiger partial charge in [-0.15, -0.1) is 0 Å². The Morgan fingerprint density at radius 1 is 1.33 bits per heavy atom. The van der Waals surface area contributed by atoms with Crippen molar-refractivity contribution < 1.29 is 9.84 Å². The second-order valence-corrected chi connectivity index (χ2v) is 5.40. The van der Waals surface area contributed by atoms with Gasteiger partial charge in [-0.3, -0.25) is 0 Å². The summed E-state index contributed by atoms with van der Waals surface area (Å²) >= 11 is 0. The number of nitrogens with zero attached hydrogens (tertiary/aromatic N) is 3. The van der Waals surface area contributed by atoms with Gasteiger partial charge in [-0.05, 0) is 31.6 Å². The number of rotatable bonds is 3. The van der Waals surface area contributed by atoms with Gasteiger partial charge in [0.05, 0.1) is 12.6 Å². The summed E-state index contributed by atoms with van der Waals surface area (Å²) in [6, 6.07) is 0.137. The molecule has 0 bridgehead atoms. The molecule has 2 aliphatic rings. The van der Waals surface area contributed by atoms with E-state index in [9.17, 15) is 5.11 Å². The van der Waals surface area contributed by atoms with E-state index in [-0.39, 0.29) is 12.6 Å². The molecule has 1 saturated heterocycles. The maximum atomic E-state index is 9.36. The Balaban J connectivity index is 1.71. The molecular formula is C13H21N3O2. The molecule has 1 N–H and O–H groups in total. The molecule has 2 unspecified atom stereocenters. The molecule has 5 heteroatoms. The molecule has 1 aromatic rings. The van der Waals surface area contributed by atoms with Crippen molar-refractivity contribution in [3.63, 3.8) is 0 Å². The van der Waals surface area contributed by atoms with Crippen molar-refractivity contribution in [1.29, 1.82) is 0 Å². The summed E-state index contributed by atoms with van der Waals surface area (Å²) in [4.78, 5) is 4.63. The second-order valence-electron chi connectivity index (χ2n) is 5.40. The minimum Gasteiger partial charge on any atom is -0.394 e.